The summed E-state index contributed by atoms with van der Waals surface area (Å²) in [7, 11) is 1.56. The number of hydrogen-bond donors (Lipinski definition) is 1. The second kappa shape index (κ2) is 7.54. The molecule has 0 spiro atoms. The summed E-state index contributed by atoms with van der Waals surface area (Å²) in [6.45, 7) is 3.35. The van der Waals surface area contributed by atoms with Gasteiger partial charge in [0.15, 0.2) is 0 Å². The molecule has 17 heavy (non-hydrogen) atoms. The van der Waals surface area contributed by atoms with Gasteiger partial charge in [0.2, 0.25) is 0 Å². The van der Waals surface area contributed by atoms with Crippen molar-refractivity contribution in [3.8, 4) is 5.75 Å². The standard InChI is InChI=1S/C13H19ClO3/c1-3-17-8-4-5-12(15)10-6-7-11(14)13(9-10)16-2/h6-7,9,12,15H,3-5,8H2,1-2H3. The molecule has 0 amide bonds. The van der Waals surface area contributed by atoms with E-state index in [-0.39, 0.29) is 0 Å². The van der Waals surface area contributed by atoms with Crippen molar-refractivity contribution in [1.82, 2.24) is 0 Å². The van der Waals surface area contributed by atoms with Gasteiger partial charge in [0.25, 0.3) is 0 Å². The molecule has 0 aliphatic carbocycles. The third-order valence-corrected chi connectivity index (χ3v) is 2.84. The van der Waals surface area contributed by atoms with Crippen LogP contribution in [0.25, 0.3) is 0 Å². The van der Waals surface area contributed by atoms with Crippen LogP contribution in [0.1, 0.15) is 31.4 Å². The molecule has 4 heteroatoms. The van der Waals surface area contributed by atoms with E-state index in [0.29, 0.717) is 30.4 Å². The Labute approximate surface area is 107 Å². The lowest BCUT2D eigenvalue weighted by atomic mass is 10.0. The number of methoxy groups -OCH3 is 1. The fraction of sp³-hybridized carbons (Fsp3) is 0.538. The highest BCUT2D eigenvalue weighted by Gasteiger charge is 2.10. The minimum absolute atomic E-state index is 0.498. The molecule has 3 nitrogen and oxygen atoms in total. The molecule has 0 aromatic heterocycles. The predicted octanol–water partition coefficient (Wildman–Crippen LogP) is 3.20. The fourth-order valence-electron chi connectivity index (χ4n) is 1.57. The van der Waals surface area contributed by atoms with Crippen molar-refractivity contribution in [3.05, 3.63) is 28.8 Å². The third-order valence-electron chi connectivity index (χ3n) is 2.53. The van der Waals surface area contributed by atoms with Crippen LogP contribution in [0.15, 0.2) is 18.2 Å². The van der Waals surface area contributed by atoms with Crippen molar-refractivity contribution in [2.45, 2.75) is 25.9 Å². The lowest BCUT2D eigenvalue weighted by molar-refractivity contribution is 0.114. The summed E-state index contributed by atoms with van der Waals surface area (Å²) in [5.74, 6) is 0.591. The zero-order chi connectivity index (χ0) is 12.7. The van der Waals surface area contributed by atoms with Crippen LogP contribution in [0.4, 0.5) is 0 Å². The van der Waals surface area contributed by atoms with Crippen LogP contribution < -0.4 is 4.74 Å². The van der Waals surface area contributed by atoms with Gasteiger partial charge in [-0.05, 0) is 37.5 Å². The van der Waals surface area contributed by atoms with E-state index in [1.54, 1.807) is 19.2 Å². The number of aliphatic hydroxyl groups excluding tert-OH is 1. The summed E-state index contributed by atoms with van der Waals surface area (Å²) in [5, 5.41) is 10.5. The highest BCUT2D eigenvalue weighted by Crippen LogP contribution is 2.29. The fourth-order valence-corrected chi connectivity index (χ4v) is 1.77. The average Bonchev–Trinajstić information content (AvgIpc) is 2.35. The summed E-state index contributed by atoms with van der Waals surface area (Å²) in [6.07, 6.45) is 1.01. The molecule has 1 aromatic rings. The topological polar surface area (TPSA) is 38.7 Å². The van der Waals surface area contributed by atoms with Gasteiger partial charge in [-0.3, -0.25) is 0 Å². The lowest BCUT2D eigenvalue weighted by Crippen LogP contribution is -2.01. The maximum atomic E-state index is 9.98. The number of benzene rings is 1. The minimum atomic E-state index is -0.498. The van der Waals surface area contributed by atoms with Gasteiger partial charge in [0.05, 0.1) is 18.2 Å². The van der Waals surface area contributed by atoms with Crippen LogP contribution in [0, 0.1) is 0 Å². The summed E-state index contributed by atoms with van der Waals surface area (Å²) >= 11 is 5.92. The largest absolute Gasteiger partial charge is 0.495 e. The minimum Gasteiger partial charge on any atom is -0.495 e. The molecule has 96 valence electrons. The van der Waals surface area contributed by atoms with Crippen molar-refractivity contribution in [3.63, 3.8) is 0 Å². The number of halogens is 1. The molecule has 1 aromatic carbocycles. The summed E-state index contributed by atoms with van der Waals surface area (Å²) in [4.78, 5) is 0. The Balaban J connectivity index is 2.53. The molecule has 1 unspecified atom stereocenters. The van der Waals surface area contributed by atoms with E-state index < -0.39 is 6.10 Å². The molecule has 0 aliphatic heterocycles. The van der Waals surface area contributed by atoms with Gasteiger partial charge in [-0.2, -0.15) is 0 Å². The van der Waals surface area contributed by atoms with Crippen LogP contribution >= 0.6 is 11.6 Å². The lowest BCUT2D eigenvalue weighted by Gasteiger charge is -2.12. The average molecular weight is 259 g/mol. The van der Waals surface area contributed by atoms with E-state index in [0.717, 1.165) is 12.0 Å². The second-order valence-electron chi connectivity index (χ2n) is 3.75. The first-order chi connectivity index (χ1) is 8.19. The quantitative estimate of drug-likeness (QED) is 0.764. The van der Waals surface area contributed by atoms with E-state index in [9.17, 15) is 5.11 Å². The highest BCUT2D eigenvalue weighted by atomic mass is 35.5. The predicted molar refractivity (Wildman–Crippen MR) is 68.7 cm³/mol. The van der Waals surface area contributed by atoms with E-state index in [4.69, 9.17) is 21.1 Å². The molecule has 1 N–H and O–H groups in total. The highest BCUT2D eigenvalue weighted by molar-refractivity contribution is 6.32. The van der Waals surface area contributed by atoms with Crippen LogP contribution in [0.3, 0.4) is 0 Å². The van der Waals surface area contributed by atoms with Crippen LogP contribution in [0.2, 0.25) is 5.02 Å². The Hall–Kier alpha value is -0.770. The molecule has 0 fully saturated rings. The van der Waals surface area contributed by atoms with Crippen molar-refractivity contribution in [2.75, 3.05) is 20.3 Å². The molecule has 0 heterocycles. The van der Waals surface area contributed by atoms with Crippen molar-refractivity contribution >= 4 is 11.6 Å². The van der Waals surface area contributed by atoms with Gasteiger partial charge in [-0.15, -0.1) is 0 Å². The van der Waals surface area contributed by atoms with E-state index >= 15 is 0 Å². The summed E-state index contributed by atoms with van der Waals surface area (Å²) in [5.41, 5.74) is 0.822. The molecular weight excluding hydrogens is 240 g/mol. The molecule has 0 radical (unpaired) electrons. The van der Waals surface area contributed by atoms with Crippen LogP contribution in [-0.4, -0.2) is 25.4 Å². The zero-order valence-electron chi connectivity index (χ0n) is 10.3. The summed E-state index contributed by atoms with van der Waals surface area (Å²) < 4.78 is 10.3. The molecule has 1 rings (SSSR count). The van der Waals surface area contributed by atoms with E-state index in [2.05, 4.69) is 0 Å². The molecule has 0 aliphatic rings. The Bertz CT molecular complexity index is 341. The van der Waals surface area contributed by atoms with Gasteiger partial charge in [0.1, 0.15) is 5.75 Å². The van der Waals surface area contributed by atoms with Gasteiger partial charge in [0, 0.05) is 13.2 Å². The van der Waals surface area contributed by atoms with Crippen LogP contribution in [0.5, 0.6) is 5.75 Å². The number of aliphatic hydroxyl groups is 1. The first-order valence-electron chi connectivity index (χ1n) is 5.78. The monoisotopic (exact) mass is 258 g/mol. The van der Waals surface area contributed by atoms with Crippen molar-refractivity contribution < 1.29 is 14.6 Å². The molecule has 0 bridgehead atoms. The van der Waals surface area contributed by atoms with Gasteiger partial charge in [-0.1, -0.05) is 17.7 Å². The molecular formula is C13H19ClO3. The number of rotatable bonds is 7. The summed E-state index contributed by atoms with van der Waals surface area (Å²) in [6, 6.07) is 5.32. The molecule has 1 atom stereocenters. The Kier molecular flexibility index (Phi) is 6.34. The first-order valence-corrected chi connectivity index (χ1v) is 6.16. The third kappa shape index (κ3) is 4.54. The van der Waals surface area contributed by atoms with Gasteiger partial charge < -0.3 is 14.6 Å². The van der Waals surface area contributed by atoms with E-state index in [1.165, 1.54) is 0 Å². The van der Waals surface area contributed by atoms with E-state index in [1.807, 2.05) is 13.0 Å². The van der Waals surface area contributed by atoms with Crippen molar-refractivity contribution in [1.29, 1.82) is 0 Å². The Morgan fingerprint density at radius 2 is 2.18 bits per heavy atom. The van der Waals surface area contributed by atoms with Crippen LogP contribution in [-0.2, 0) is 4.74 Å². The SMILES string of the molecule is CCOCCCC(O)c1ccc(Cl)c(OC)c1. The molecule has 0 saturated heterocycles. The van der Waals surface area contributed by atoms with Gasteiger partial charge in [-0.25, -0.2) is 0 Å². The maximum Gasteiger partial charge on any atom is 0.137 e. The number of hydrogen-bond acceptors (Lipinski definition) is 3. The first kappa shape index (κ1) is 14.3. The normalized spacial score (nSPS) is 12.5. The Morgan fingerprint density at radius 3 is 2.82 bits per heavy atom. The molecule has 0 saturated carbocycles. The Morgan fingerprint density at radius 1 is 1.41 bits per heavy atom. The zero-order valence-corrected chi connectivity index (χ0v) is 11.0. The van der Waals surface area contributed by atoms with Crippen molar-refractivity contribution in [2.24, 2.45) is 0 Å². The smallest absolute Gasteiger partial charge is 0.137 e. The maximum absolute atomic E-state index is 9.98. The van der Waals surface area contributed by atoms with Gasteiger partial charge >= 0.3 is 0 Å². The second-order valence-corrected chi connectivity index (χ2v) is 4.16. The number of ether oxygens (including phenoxy) is 2.